The highest BCUT2D eigenvalue weighted by Crippen LogP contribution is 2.26. The molecule has 1 N–H and O–H groups in total. The molecular formula is C11H11ClO3. The predicted octanol–water partition coefficient (Wildman–Crippen LogP) is 2.63. The fourth-order valence-electron chi connectivity index (χ4n) is 1.08. The van der Waals surface area contributed by atoms with Crippen LogP contribution < -0.4 is 0 Å². The van der Waals surface area contributed by atoms with Gasteiger partial charge in [-0.25, -0.2) is 0 Å². The van der Waals surface area contributed by atoms with E-state index >= 15 is 0 Å². The zero-order valence-corrected chi connectivity index (χ0v) is 9.21. The molecule has 4 heteroatoms. The van der Waals surface area contributed by atoms with Crippen molar-refractivity contribution < 1.29 is 14.7 Å². The zero-order chi connectivity index (χ0) is 11.6. The molecule has 0 unspecified atom stereocenters. The summed E-state index contributed by atoms with van der Waals surface area (Å²) in [4.78, 5) is 22.7. The molecule has 0 radical (unpaired) electrons. The average molecular weight is 227 g/mol. The predicted molar refractivity (Wildman–Crippen MR) is 57.2 cm³/mol. The van der Waals surface area contributed by atoms with Gasteiger partial charge in [-0.3, -0.25) is 9.59 Å². The van der Waals surface area contributed by atoms with Gasteiger partial charge in [0, 0.05) is 5.56 Å². The number of carbonyl (C=O) groups excluding carboxylic acids is 1. The summed E-state index contributed by atoms with van der Waals surface area (Å²) in [6.07, 6.45) is 0. The molecule has 1 aromatic rings. The van der Waals surface area contributed by atoms with Crippen molar-refractivity contribution in [1.29, 1.82) is 0 Å². The summed E-state index contributed by atoms with van der Waals surface area (Å²) in [7, 11) is 0. The van der Waals surface area contributed by atoms with E-state index in [1.165, 1.54) is 19.9 Å². The van der Waals surface area contributed by atoms with Crippen LogP contribution in [0.5, 0.6) is 0 Å². The highest BCUT2D eigenvalue weighted by atomic mass is 35.5. The summed E-state index contributed by atoms with van der Waals surface area (Å²) in [6, 6.07) is 6.42. The Morgan fingerprint density at radius 2 is 1.80 bits per heavy atom. The van der Waals surface area contributed by atoms with Gasteiger partial charge < -0.3 is 5.11 Å². The summed E-state index contributed by atoms with van der Waals surface area (Å²) < 4.78 is 0. The van der Waals surface area contributed by atoms with Crippen LogP contribution in [0, 0.1) is 5.41 Å². The highest BCUT2D eigenvalue weighted by Gasteiger charge is 2.37. The third-order valence-corrected chi connectivity index (χ3v) is 2.55. The number of Topliss-reactive ketones (excluding diaryl/α,β-unsaturated/α-hetero) is 1. The minimum atomic E-state index is -1.45. The van der Waals surface area contributed by atoms with Crippen molar-refractivity contribution in [2.45, 2.75) is 13.8 Å². The van der Waals surface area contributed by atoms with Crippen molar-refractivity contribution in [2.24, 2.45) is 5.41 Å². The second-order valence-corrected chi connectivity index (χ2v) is 4.15. The SMILES string of the molecule is CC(C)(C(=O)O)C(=O)c1ccccc1Cl. The van der Waals surface area contributed by atoms with Gasteiger partial charge in [0.1, 0.15) is 5.41 Å². The average Bonchev–Trinajstić information content (AvgIpc) is 2.17. The lowest BCUT2D eigenvalue weighted by Crippen LogP contribution is -2.33. The number of hydrogen-bond acceptors (Lipinski definition) is 2. The van der Waals surface area contributed by atoms with Crippen molar-refractivity contribution >= 4 is 23.4 Å². The second-order valence-electron chi connectivity index (χ2n) is 3.74. The van der Waals surface area contributed by atoms with Crippen molar-refractivity contribution in [3.63, 3.8) is 0 Å². The highest BCUT2D eigenvalue weighted by molar-refractivity contribution is 6.34. The molecule has 0 spiro atoms. The minimum Gasteiger partial charge on any atom is -0.481 e. The smallest absolute Gasteiger partial charge is 0.316 e. The molecule has 0 atom stereocenters. The maximum atomic E-state index is 11.9. The number of ketones is 1. The maximum Gasteiger partial charge on any atom is 0.316 e. The van der Waals surface area contributed by atoms with Crippen LogP contribution in [0.3, 0.4) is 0 Å². The van der Waals surface area contributed by atoms with E-state index in [-0.39, 0.29) is 10.6 Å². The Kier molecular flexibility index (Phi) is 3.15. The molecule has 80 valence electrons. The summed E-state index contributed by atoms with van der Waals surface area (Å²) in [5.74, 6) is -1.65. The van der Waals surface area contributed by atoms with Crippen LogP contribution in [-0.2, 0) is 4.79 Å². The number of carboxylic acids is 1. The van der Waals surface area contributed by atoms with E-state index in [2.05, 4.69) is 0 Å². The molecule has 3 nitrogen and oxygen atoms in total. The molecule has 0 fully saturated rings. The maximum absolute atomic E-state index is 11.9. The van der Waals surface area contributed by atoms with Gasteiger partial charge in [0.05, 0.1) is 5.02 Å². The summed E-state index contributed by atoms with van der Waals surface area (Å²) in [5.41, 5.74) is -1.21. The van der Waals surface area contributed by atoms with Crippen LogP contribution in [-0.4, -0.2) is 16.9 Å². The largest absolute Gasteiger partial charge is 0.481 e. The second kappa shape index (κ2) is 4.03. The quantitative estimate of drug-likeness (QED) is 0.637. The molecule has 0 aliphatic heterocycles. The standard InChI is InChI=1S/C11H11ClO3/c1-11(2,10(14)15)9(13)7-5-3-4-6-8(7)12/h3-6H,1-2H3,(H,14,15). The summed E-state index contributed by atoms with van der Waals surface area (Å²) in [5, 5.41) is 9.17. The van der Waals surface area contributed by atoms with E-state index in [9.17, 15) is 9.59 Å². The molecule has 0 aliphatic carbocycles. The number of carboxylic acid groups (broad SMARTS) is 1. The van der Waals surface area contributed by atoms with E-state index in [0.717, 1.165) is 0 Å². The Labute approximate surface area is 92.7 Å². The number of halogens is 1. The van der Waals surface area contributed by atoms with Gasteiger partial charge in [0.2, 0.25) is 0 Å². The van der Waals surface area contributed by atoms with Crippen molar-refractivity contribution in [3.05, 3.63) is 34.9 Å². The van der Waals surface area contributed by atoms with E-state index in [1.807, 2.05) is 0 Å². The first-order valence-electron chi connectivity index (χ1n) is 4.40. The minimum absolute atomic E-state index is 0.242. The molecule has 0 heterocycles. The molecule has 0 aliphatic rings. The first-order chi connectivity index (χ1) is 6.87. The van der Waals surface area contributed by atoms with Gasteiger partial charge in [-0.05, 0) is 26.0 Å². The third-order valence-electron chi connectivity index (χ3n) is 2.22. The molecule has 1 rings (SSSR count). The van der Waals surface area contributed by atoms with Crippen molar-refractivity contribution in [1.82, 2.24) is 0 Å². The van der Waals surface area contributed by atoms with Crippen LogP contribution in [0.2, 0.25) is 5.02 Å². The van der Waals surface area contributed by atoms with Gasteiger partial charge in [0.15, 0.2) is 5.78 Å². The Morgan fingerprint density at radius 1 is 1.27 bits per heavy atom. The first kappa shape index (κ1) is 11.7. The van der Waals surface area contributed by atoms with Crippen LogP contribution in [0.15, 0.2) is 24.3 Å². The lowest BCUT2D eigenvalue weighted by atomic mass is 9.84. The Bertz CT molecular complexity index is 410. The molecular weight excluding hydrogens is 216 g/mol. The molecule has 0 aromatic heterocycles. The topological polar surface area (TPSA) is 54.4 Å². The number of rotatable bonds is 3. The van der Waals surface area contributed by atoms with Gasteiger partial charge in [0.25, 0.3) is 0 Å². The summed E-state index contributed by atoms with van der Waals surface area (Å²) in [6.45, 7) is 2.72. The van der Waals surface area contributed by atoms with Crippen LogP contribution >= 0.6 is 11.6 Å². The van der Waals surface area contributed by atoms with E-state index in [1.54, 1.807) is 18.2 Å². The molecule has 15 heavy (non-hydrogen) atoms. The van der Waals surface area contributed by atoms with E-state index < -0.39 is 17.2 Å². The lowest BCUT2D eigenvalue weighted by molar-refractivity contribution is -0.144. The van der Waals surface area contributed by atoms with E-state index in [4.69, 9.17) is 16.7 Å². The first-order valence-corrected chi connectivity index (χ1v) is 4.78. The summed E-state index contributed by atoms with van der Waals surface area (Å²) >= 11 is 5.82. The van der Waals surface area contributed by atoms with E-state index in [0.29, 0.717) is 0 Å². The monoisotopic (exact) mass is 226 g/mol. The van der Waals surface area contributed by atoms with Crippen LogP contribution in [0.25, 0.3) is 0 Å². The van der Waals surface area contributed by atoms with Gasteiger partial charge in [-0.2, -0.15) is 0 Å². The zero-order valence-electron chi connectivity index (χ0n) is 8.45. The molecule has 1 aromatic carbocycles. The molecule has 0 amide bonds. The van der Waals surface area contributed by atoms with Crippen molar-refractivity contribution in [2.75, 3.05) is 0 Å². The number of carbonyl (C=O) groups is 2. The van der Waals surface area contributed by atoms with Crippen LogP contribution in [0.1, 0.15) is 24.2 Å². The fourth-order valence-corrected chi connectivity index (χ4v) is 1.30. The van der Waals surface area contributed by atoms with Crippen molar-refractivity contribution in [3.8, 4) is 0 Å². The molecule has 0 saturated carbocycles. The number of benzene rings is 1. The normalized spacial score (nSPS) is 11.1. The van der Waals surface area contributed by atoms with Gasteiger partial charge in [-0.1, -0.05) is 23.7 Å². The molecule has 0 bridgehead atoms. The lowest BCUT2D eigenvalue weighted by Gasteiger charge is -2.17. The van der Waals surface area contributed by atoms with Crippen LogP contribution in [0.4, 0.5) is 0 Å². The number of aliphatic carboxylic acids is 1. The molecule has 0 saturated heterocycles. The third kappa shape index (κ3) is 2.18. The fraction of sp³-hybridized carbons (Fsp3) is 0.273. The Morgan fingerprint density at radius 3 is 2.27 bits per heavy atom. The Balaban J connectivity index is 3.16. The van der Waals surface area contributed by atoms with Gasteiger partial charge in [-0.15, -0.1) is 0 Å². The Hall–Kier alpha value is -1.35. The number of hydrogen-bond donors (Lipinski definition) is 1. The van der Waals surface area contributed by atoms with Gasteiger partial charge >= 0.3 is 5.97 Å².